The van der Waals surface area contributed by atoms with Crippen molar-refractivity contribution in [1.82, 2.24) is 4.90 Å². The fourth-order valence-electron chi connectivity index (χ4n) is 3.94. The van der Waals surface area contributed by atoms with Crippen LogP contribution in [0.15, 0.2) is 34.9 Å². The summed E-state index contributed by atoms with van der Waals surface area (Å²) in [6.07, 6.45) is 2.46. The lowest BCUT2D eigenvalue weighted by Crippen LogP contribution is -2.43. The van der Waals surface area contributed by atoms with Gasteiger partial charge in [0.25, 0.3) is 5.91 Å². The van der Waals surface area contributed by atoms with E-state index in [4.69, 9.17) is 0 Å². The highest BCUT2D eigenvalue weighted by Gasteiger charge is 2.42. The molecule has 0 spiro atoms. The van der Waals surface area contributed by atoms with Gasteiger partial charge in [-0.05, 0) is 55.4 Å². The van der Waals surface area contributed by atoms with Crippen LogP contribution >= 0.6 is 11.8 Å². The summed E-state index contributed by atoms with van der Waals surface area (Å²) >= 11 is 1.32. The minimum absolute atomic E-state index is 0.0429. The molecule has 1 saturated carbocycles. The number of hydrogen-bond acceptors (Lipinski definition) is 4. The topological polar surface area (TPSA) is 77.8 Å². The van der Waals surface area contributed by atoms with Crippen molar-refractivity contribution >= 4 is 23.6 Å². The number of rotatable bonds is 4. The summed E-state index contributed by atoms with van der Waals surface area (Å²) in [6, 6.07) is 5.17. The van der Waals surface area contributed by atoms with E-state index in [2.05, 4.69) is 20.8 Å². The second-order valence-electron chi connectivity index (χ2n) is 8.90. The lowest BCUT2D eigenvalue weighted by atomic mass is 9.87. The molecule has 0 saturated heterocycles. The summed E-state index contributed by atoms with van der Waals surface area (Å²) in [6.45, 7) is 6.20. The number of carbonyl (C=O) groups excluding carboxylic acids is 1. The Morgan fingerprint density at radius 3 is 2.21 bits per heavy atom. The Balaban J connectivity index is 2.01. The average Bonchev–Trinajstić information content (AvgIpc) is 3.10. The molecule has 0 bridgehead atoms. The van der Waals surface area contributed by atoms with Crippen molar-refractivity contribution in [2.24, 2.45) is 5.41 Å². The van der Waals surface area contributed by atoms with E-state index in [0.717, 1.165) is 0 Å². The zero-order chi connectivity index (χ0) is 21.3. The van der Waals surface area contributed by atoms with E-state index in [-0.39, 0.29) is 33.6 Å². The number of aliphatic hydroxyl groups is 1. The molecule has 1 aromatic rings. The van der Waals surface area contributed by atoms with Gasteiger partial charge in [0.2, 0.25) is 0 Å². The minimum atomic E-state index is -1.02. The monoisotopic (exact) mass is 421 g/mol. The molecular formula is C22H28FNO4S. The number of hydrogen-bond donors (Lipinski definition) is 2. The summed E-state index contributed by atoms with van der Waals surface area (Å²) < 4.78 is 13.4. The van der Waals surface area contributed by atoms with Crippen LogP contribution in [0.4, 0.5) is 4.39 Å². The van der Waals surface area contributed by atoms with Crippen molar-refractivity contribution in [3.63, 3.8) is 0 Å². The van der Waals surface area contributed by atoms with E-state index < -0.39 is 11.8 Å². The van der Waals surface area contributed by atoms with Crippen LogP contribution in [0.5, 0.6) is 0 Å². The molecule has 29 heavy (non-hydrogen) atoms. The maximum atomic E-state index is 13.5. The smallest absolute Gasteiger partial charge is 0.343 e. The highest BCUT2D eigenvalue weighted by molar-refractivity contribution is 8.04. The van der Waals surface area contributed by atoms with Gasteiger partial charge in [-0.2, -0.15) is 0 Å². The molecule has 1 unspecified atom stereocenters. The molecule has 1 amide bonds. The Bertz CT molecular complexity index is 807. The van der Waals surface area contributed by atoms with Crippen LogP contribution in [0.2, 0.25) is 0 Å². The number of carbonyl (C=O) groups is 2. The number of carboxylic acid groups (broad SMARTS) is 1. The van der Waals surface area contributed by atoms with Crippen LogP contribution < -0.4 is 0 Å². The zero-order valence-corrected chi connectivity index (χ0v) is 17.8. The van der Waals surface area contributed by atoms with Crippen molar-refractivity contribution < 1.29 is 24.2 Å². The van der Waals surface area contributed by atoms with Gasteiger partial charge in [0, 0.05) is 29.0 Å². The number of aliphatic carboxylic acids is 1. The molecule has 0 radical (unpaired) electrons. The van der Waals surface area contributed by atoms with Gasteiger partial charge in [-0.3, -0.25) is 4.79 Å². The highest BCUT2D eigenvalue weighted by Crippen LogP contribution is 2.48. The quantitative estimate of drug-likeness (QED) is 0.753. The number of halogens is 1. The predicted octanol–water partition coefficient (Wildman–Crippen LogP) is 4.42. The minimum Gasteiger partial charge on any atom is -0.477 e. The number of nitrogens with zero attached hydrogens (tertiary/aromatic N) is 1. The van der Waals surface area contributed by atoms with E-state index >= 15 is 0 Å². The fraction of sp³-hybridized carbons (Fsp3) is 0.545. The number of aliphatic hydroxyl groups excluding tert-OH is 1. The number of carboxylic acids is 1. The average molecular weight is 422 g/mol. The number of allylic oxidation sites excluding steroid dienone is 1. The Hall–Kier alpha value is -1.86. The largest absolute Gasteiger partial charge is 0.477 e. The molecule has 5 nitrogen and oxygen atoms in total. The van der Waals surface area contributed by atoms with Crippen molar-refractivity contribution in [2.75, 3.05) is 0 Å². The zero-order valence-electron chi connectivity index (χ0n) is 17.0. The summed E-state index contributed by atoms with van der Waals surface area (Å²) in [7, 11) is 0. The molecule has 1 heterocycles. The predicted molar refractivity (Wildman–Crippen MR) is 111 cm³/mol. The van der Waals surface area contributed by atoms with E-state index in [1.165, 1.54) is 36.0 Å². The SMILES string of the molecule is CC(C)(C)C1CC(N(C(=O)c2ccc(F)cc2)C2CCC(O)CC2)=C(C(=O)O)S1. The Morgan fingerprint density at radius 1 is 1.10 bits per heavy atom. The first-order valence-corrected chi connectivity index (χ1v) is 10.9. The van der Waals surface area contributed by atoms with Crippen LogP contribution in [0.3, 0.4) is 0 Å². The van der Waals surface area contributed by atoms with Crippen LogP contribution in [0.25, 0.3) is 0 Å². The molecule has 7 heteroatoms. The van der Waals surface area contributed by atoms with Gasteiger partial charge in [-0.1, -0.05) is 20.8 Å². The lowest BCUT2D eigenvalue weighted by molar-refractivity contribution is -0.131. The fourth-order valence-corrected chi connectivity index (χ4v) is 5.24. The molecule has 158 valence electrons. The van der Waals surface area contributed by atoms with Crippen LogP contribution in [-0.2, 0) is 4.79 Å². The van der Waals surface area contributed by atoms with Gasteiger partial charge in [-0.15, -0.1) is 11.8 Å². The molecule has 1 aromatic carbocycles. The molecule has 1 atom stereocenters. The molecule has 2 N–H and O–H groups in total. The summed E-state index contributed by atoms with van der Waals surface area (Å²) in [5.74, 6) is -1.76. The lowest BCUT2D eigenvalue weighted by Gasteiger charge is -2.37. The first-order valence-electron chi connectivity index (χ1n) is 9.98. The maximum Gasteiger partial charge on any atom is 0.343 e. The van der Waals surface area contributed by atoms with Crippen molar-refractivity contribution in [3.8, 4) is 0 Å². The molecule has 3 rings (SSSR count). The summed E-state index contributed by atoms with van der Waals surface area (Å²) in [4.78, 5) is 27.3. The van der Waals surface area contributed by atoms with Crippen molar-refractivity contribution in [2.45, 2.75) is 70.3 Å². The third-order valence-corrected chi connectivity index (χ3v) is 7.50. The van der Waals surface area contributed by atoms with E-state index in [9.17, 15) is 24.2 Å². The molecule has 1 fully saturated rings. The Kier molecular flexibility index (Phi) is 6.39. The third-order valence-electron chi connectivity index (χ3n) is 5.69. The van der Waals surface area contributed by atoms with Crippen LogP contribution in [0, 0.1) is 11.2 Å². The summed E-state index contributed by atoms with van der Waals surface area (Å²) in [5.41, 5.74) is 0.748. The van der Waals surface area contributed by atoms with Crippen molar-refractivity contribution in [3.05, 3.63) is 46.2 Å². The summed E-state index contributed by atoms with van der Waals surface area (Å²) in [5, 5.41) is 19.8. The Labute approximate surface area is 175 Å². The molecule has 1 aliphatic carbocycles. The maximum absolute atomic E-state index is 13.5. The van der Waals surface area contributed by atoms with E-state index in [1.807, 2.05) is 0 Å². The van der Waals surface area contributed by atoms with Crippen LogP contribution in [0.1, 0.15) is 63.2 Å². The van der Waals surface area contributed by atoms with Gasteiger partial charge in [-0.25, -0.2) is 9.18 Å². The van der Waals surface area contributed by atoms with Crippen molar-refractivity contribution in [1.29, 1.82) is 0 Å². The second-order valence-corrected chi connectivity index (χ2v) is 10.1. The number of benzene rings is 1. The van der Waals surface area contributed by atoms with Gasteiger partial charge >= 0.3 is 5.97 Å². The molecule has 0 aromatic heterocycles. The standard InChI is InChI=1S/C22H28FNO4S/c1-22(2,3)18-12-17(19(29-18)21(27)28)24(15-8-10-16(25)11-9-15)20(26)13-4-6-14(23)7-5-13/h4-7,15-16,18,25H,8-12H2,1-3H3,(H,27,28). The normalized spacial score (nSPS) is 25.2. The molecule has 2 aliphatic rings. The number of thioether (sulfide) groups is 1. The van der Waals surface area contributed by atoms with Crippen LogP contribution in [-0.4, -0.2) is 44.4 Å². The van der Waals surface area contributed by atoms with E-state index in [0.29, 0.717) is 43.4 Å². The van der Waals surface area contributed by atoms with Gasteiger partial charge < -0.3 is 15.1 Å². The van der Waals surface area contributed by atoms with E-state index in [1.54, 1.807) is 4.90 Å². The molecular weight excluding hydrogens is 393 g/mol. The third kappa shape index (κ3) is 4.83. The van der Waals surface area contributed by atoms with Gasteiger partial charge in [0.1, 0.15) is 10.7 Å². The first-order chi connectivity index (χ1) is 13.6. The molecule has 1 aliphatic heterocycles. The number of amides is 1. The highest BCUT2D eigenvalue weighted by atomic mass is 32.2. The Morgan fingerprint density at radius 2 is 1.69 bits per heavy atom. The van der Waals surface area contributed by atoms with Gasteiger partial charge in [0.15, 0.2) is 0 Å². The second kappa shape index (κ2) is 8.48. The van der Waals surface area contributed by atoms with Gasteiger partial charge in [0.05, 0.1) is 6.10 Å². The first kappa shape index (κ1) is 21.8.